The van der Waals surface area contributed by atoms with Gasteiger partial charge < -0.3 is 5.11 Å². The second kappa shape index (κ2) is 4.87. The van der Waals surface area contributed by atoms with Gasteiger partial charge in [-0.3, -0.25) is 4.79 Å². The normalized spacial score (nSPS) is 19.1. The van der Waals surface area contributed by atoms with Gasteiger partial charge in [-0.15, -0.1) is 5.54 Å². The molecule has 2 nitrogen and oxygen atoms in total. The molecule has 1 aliphatic rings. The van der Waals surface area contributed by atoms with Gasteiger partial charge in [-0.1, -0.05) is 25.6 Å². The fourth-order valence-electron chi connectivity index (χ4n) is 1.43. The number of hydrogen-bond donors (Lipinski definition) is 1. The second-order valence-corrected chi connectivity index (χ2v) is 10.1. The lowest BCUT2D eigenvalue weighted by Gasteiger charge is -2.25. The van der Waals surface area contributed by atoms with E-state index in [1.165, 1.54) is 0 Å². The molecular formula is C13H18O2Si. The quantitative estimate of drug-likeness (QED) is 0.512. The van der Waals surface area contributed by atoms with Crippen molar-refractivity contribution in [3.05, 3.63) is 0 Å². The molecule has 1 N–H and O–H groups in total. The van der Waals surface area contributed by atoms with E-state index < -0.39 is 13.7 Å². The van der Waals surface area contributed by atoms with Crippen LogP contribution in [0.2, 0.25) is 19.6 Å². The number of carbonyl (C=O) groups is 1. The van der Waals surface area contributed by atoms with Gasteiger partial charge >= 0.3 is 0 Å². The Morgan fingerprint density at radius 3 is 2.25 bits per heavy atom. The molecule has 0 aromatic carbocycles. The van der Waals surface area contributed by atoms with Gasteiger partial charge in [0.05, 0.1) is 0 Å². The van der Waals surface area contributed by atoms with Crippen LogP contribution in [0.1, 0.15) is 25.7 Å². The zero-order valence-electron chi connectivity index (χ0n) is 10.2. The summed E-state index contributed by atoms with van der Waals surface area (Å²) in [4.78, 5) is 11.0. The molecule has 0 amide bonds. The molecule has 0 bridgehead atoms. The number of hydrogen-bond acceptors (Lipinski definition) is 2. The Labute approximate surface area is 98.4 Å². The van der Waals surface area contributed by atoms with E-state index in [1.54, 1.807) is 0 Å². The Kier molecular flexibility index (Phi) is 3.96. The summed E-state index contributed by atoms with van der Waals surface area (Å²) in [7, 11) is -1.38. The summed E-state index contributed by atoms with van der Waals surface area (Å²) in [6, 6.07) is 0. The highest BCUT2D eigenvalue weighted by Gasteiger charge is 2.30. The molecule has 0 radical (unpaired) electrons. The van der Waals surface area contributed by atoms with Crippen LogP contribution >= 0.6 is 0 Å². The van der Waals surface area contributed by atoms with Gasteiger partial charge in [0.15, 0.2) is 0 Å². The number of aliphatic hydroxyl groups is 1. The summed E-state index contributed by atoms with van der Waals surface area (Å²) >= 11 is 0. The minimum atomic E-state index is -1.38. The molecule has 16 heavy (non-hydrogen) atoms. The maximum absolute atomic E-state index is 11.0. The average molecular weight is 234 g/mol. The minimum absolute atomic E-state index is 0.222. The highest BCUT2D eigenvalue weighted by molar-refractivity contribution is 6.83. The highest BCUT2D eigenvalue weighted by atomic mass is 28.3. The molecule has 3 heteroatoms. The first-order valence-electron chi connectivity index (χ1n) is 5.59. The van der Waals surface area contributed by atoms with E-state index in [1.807, 2.05) is 0 Å². The van der Waals surface area contributed by atoms with E-state index in [-0.39, 0.29) is 5.78 Å². The summed E-state index contributed by atoms with van der Waals surface area (Å²) in [6.07, 6.45) is 1.78. The zero-order valence-corrected chi connectivity index (χ0v) is 11.2. The first kappa shape index (κ1) is 13.0. The van der Waals surface area contributed by atoms with Crippen molar-refractivity contribution in [2.24, 2.45) is 0 Å². The van der Waals surface area contributed by atoms with Crippen molar-refractivity contribution >= 4 is 13.9 Å². The minimum Gasteiger partial charge on any atom is -0.378 e. The molecule has 0 heterocycles. The Hall–Kier alpha value is -1.03. The van der Waals surface area contributed by atoms with Crippen molar-refractivity contribution in [2.75, 3.05) is 0 Å². The fourth-order valence-corrected chi connectivity index (χ4v) is 1.87. The Balaban J connectivity index is 2.62. The van der Waals surface area contributed by atoms with Crippen LogP contribution in [0.5, 0.6) is 0 Å². The molecule has 1 saturated carbocycles. The van der Waals surface area contributed by atoms with Crippen LogP contribution in [0, 0.1) is 23.3 Å². The maximum atomic E-state index is 11.0. The molecule has 86 valence electrons. The molecular weight excluding hydrogens is 216 g/mol. The van der Waals surface area contributed by atoms with E-state index in [4.69, 9.17) is 0 Å². The third kappa shape index (κ3) is 4.66. The first-order chi connectivity index (χ1) is 7.31. The molecule has 1 rings (SSSR count). The number of carbonyl (C=O) groups excluding carboxylic acids is 1. The molecule has 0 spiro atoms. The van der Waals surface area contributed by atoms with Crippen LogP contribution in [0.4, 0.5) is 0 Å². The largest absolute Gasteiger partial charge is 0.378 e. The zero-order chi connectivity index (χ0) is 12.2. The van der Waals surface area contributed by atoms with Crippen LogP contribution < -0.4 is 0 Å². The molecule has 0 aromatic rings. The van der Waals surface area contributed by atoms with E-state index in [0.29, 0.717) is 25.7 Å². The van der Waals surface area contributed by atoms with E-state index in [2.05, 4.69) is 42.9 Å². The molecule has 0 aromatic heterocycles. The van der Waals surface area contributed by atoms with Gasteiger partial charge in [-0.2, -0.15) is 0 Å². The smallest absolute Gasteiger partial charge is 0.133 e. The Morgan fingerprint density at radius 2 is 1.75 bits per heavy atom. The third-order valence-corrected chi connectivity index (χ3v) is 3.31. The third-order valence-electron chi connectivity index (χ3n) is 2.43. The van der Waals surface area contributed by atoms with Crippen LogP contribution in [0.15, 0.2) is 0 Å². The van der Waals surface area contributed by atoms with Crippen LogP contribution in [0.3, 0.4) is 0 Å². The van der Waals surface area contributed by atoms with Gasteiger partial charge in [0.1, 0.15) is 19.5 Å². The molecule has 0 unspecified atom stereocenters. The first-order valence-corrected chi connectivity index (χ1v) is 9.09. The van der Waals surface area contributed by atoms with E-state index in [9.17, 15) is 9.90 Å². The number of ketones is 1. The summed E-state index contributed by atoms with van der Waals surface area (Å²) in [5.74, 6) is 8.56. The van der Waals surface area contributed by atoms with E-state index >= 15 is 0 Å². The summed E-state index contributed by atoms with van der Waals surface area (Å²) in [5, 5.41) is 10.0. The van der Waals surface area contributed by atoms with E-state index in [0.717, 1.165) is 0 Å². The molecule has 0 aliphatic heterocycles. The Bertz CT molecular complexity index is 386. The van der Waals surface area contributed by atoms with Crippen molar-refractivity contribution in [3.63, 3.8) is 0 Å². The van der Waals surface area contributed by atoms with Crippen molar-refractivity contribution in [2.45, 2.75) is 50.9 Å². The SMILES string of the molecule is C[Si](C)(C)C#CC#CC1(O)CCC(=O)CC1. The van der Waals surface area contributed by atoms with Crippen LogP contribution in [-0.4, -0.2) is 24.6 Å². The summed E-state index contributed by atoms with van der Waals surface area (Å²) < 4.78 is 0. The molecule has 1 aliphatic carbocycles. The standard InChI is InChI=1S/C13H18O2Si/c1-16(2,3)11-5-4-8-13(15)9-6-12(14)7-10-13/h15H,6-7,9-10H2,1-3H3. The van der Waals surface area contributed by atoms with Gasteiger partial charge in [0.2, 0.25) is 0 Å². The molecule has 0 atom stereocenters. The average Bonchev–Trinajstić information content (AvgIpc) is 2.17. The topological polar surface area (TPSA) is 37.3 Å². The molecule has 1 fully saturated rings. The predicted molar refractivity (Wildman–Crippen MR) is 67.3 cm³/mol. The van der Waals surface area contributed by atoms with Crippen molar-refractivity contribution in [1.29, 1.82) is 0 Å². The lowest BCUT2D eigenvalue weighted by Crippen LogP contribution is -2.32. The summed E-state index contributed by atoms with van der Waals surface area (Å²) in [5.41, 5.74) is 2.14. The van der Waals surface area contributed by atoms with Gasteiger partial charge in [0.25, 0.3) is 0 Å². The summed E-state index contributed by atoms with van der Waals surface area (Å²) in [6.45, 7) is 6.45. The van der Waals surface area contributed by atoms with Crippen molar-refractivity contribution in [1.82, 2.24) is 0 Å². The predicted octanol–water partition coefficient (Wildman–Crippen LogP) is 1.74. The fraction of sp³-hybridized carbons (Fsp3) is 0.615. The Morgan fingerprint density at radius 1 is 1.19 bits per heavy atom. The van der Waals surface area contributed by atoms with Crippen molar-refractivity contribution in [3.8, 4) is 23.3 Å². The molecule has 0 saturated heterocycles. The van der Waals surface area contributed by atoms with Crippen LogP contribution in [-0.2, 0) is 4.79 Å². The second-order valence-electron chi connectivity index (χ2n) is 5.32. The van der Waals surface area contributed by atoms with Gasteiger partial charge in [-0.25, -0.2) is 0 Å². The highest BCUT2D eigenvalue weighted by Crippen LogP contribution is 2.25. The van der Waals surface area contributed by atoms with Crippen LogP contribution in [0.25, 0.3) is 0 Å². The van der Waals surface area contributed by atoms with Crippen molar-refractivity contribution < 1.29 is 9.90 Å². The van der Waals surface area contributed by atoms with Gasteiger partial charge in [0, 0.05) is 12.8 Å². The monoisotopic (exact) mass is 234 g/mol. The number of Topliss-reactive ketones (excluding diaryl/α,β-unsaturated/α-hetero) is 1. The maximum Gasteiger partial charge on any atom is 0.133 e. The number of rotatable bonds is 0. The lowest BCUT2D eigenvalue weighted by atomic mass is 9.85. The lowest BCUT2D eigenvalue weighted by molar-refractivity contribution is -0.123. The van der Waals surface area contributed by atoms with Gasteiger partial charge in [-0.05, 0) is 24.7 Å².